The van der Waals surface area contributed by atoms with Gasteiger partial charge >= 0.3 is 0 Å². The molecule has 0 bridgehead atoms. The zero-order chi connectivity index (χ0) is 19.1. The van der Waals surface area contributed by atoms with E-state index in [1.807, 2.05) is 18.2 Å². The van der Waals surface area contributed by atoms with Gasteiger partial charge in [0.15, 0.2) is 0 Å². The Morgan fingerprint density at radius 2 is 1.96 bits per heavy atom. The number of ether oxygens (including phenoxy) is 1. The molecule has 1 aromatic carbocycles. The summed E-state index contributed by atoms with van der Waals surface area (Å²) in [4.78, 5) is 12.9. The van der Waals surface area contributed by atoms with Crippen LogP contribution in [0.25, 0.3) is 21.9 Å². The molecule has 0 spiro atoms. The molecule has 0 saturated heterocycles. The molecule has 7 heteroatoms. The lowest BCUT2D eigenvalue weighted by atomic mass is 10.1. The van der Waals surface area contributed by atoms with Crippen molar-refractivity contribution in [1.29, 1.82) is 0 Å². The highest BCUT2D eigenvalue weighted by molar-refractivity contribution is 5.86. The van der Waals surface area contributed by atoms with E-state index < -0.39 is 0 Å². The molecule has 3 aromatic heterocycles. The van der Waals surface area contributed by atoms with Crippen molar-refractivity contribution < 1.29 is 4.74 Å². The molecule has 2 unspecified atom stereocenters. The minimum Gasteiger partial charge on any atom is -0.384 e. The van der Waals surface area contributed by atoms with Crippen LogP contribution in [-0.2, 0) is 11.3 Å². The molecule has 1 saturated carbocycles. The summed E-state index contributed by atoms with van der Waals surface area (Å²) in [5.74, 6) is 1.06. The second-order valence-corrected chi connectivity index (χ2v) is 7.38. The van der Waals surface area contributed by atoms with Crippen molar-refractivity contribution in [3.63, 3.8) is 0 Å². The summed E-state index contributed by atoms with van der Waals surface area (Å²) in [5, 5.41) is 1.99. The van der Waals surface area contributed by atoms with Crippen molar-refractivity contribution >= 4 is 33.6 Å². The van der Waals surface area contributed by atoms with E-state index in [1.54, 1.807) is 0 Å². The standard InChI is InChI=1S/C21H22N6O/c22-19-6-3-14-2-1-13(9-18(14)26-19)11-28-16-5-4-15(10-16)27-8-7-17-20(23)24-12-25-21(17)27/h1-3,6-9,12,15-16H,4-5,10-11H2,(H2,22,26)(H2,23,24,25). The van der Waals surface area contributed by atoms with Gasteiger partial charge in [-0.25, -0.2) is 15.0 Å². The number of aromatic nitrogens is 4. The van der Waals surface area contributed by atoms with Crippen LogP contribution >= 0.6 is 0 Å². The molecule has 0 radical (unpaired) electrons. The fraction of sp³-hybridized carbons (Fsp3) is 0.286. The number of nitrogens with zero attached hydrogens (tertiary/aromatic N) is 4. The monoisotopic (exact) mass is 374 g/mol. The number of hydrogen-bond acceptors (Lipinski definition) is 6. The van der Waals surface area contributed by atoms with Crippen LogP contribution in [0, 0.1) is 0 Å². The van der Waals surface area contributed by atoms with E-state index in [-0.39, 0.29) is 6.10 Å². The lowest BCUT2D eigenvalue weighted by Crippen LogP contribution is -2.11. The molecule has 7 nitrogen and oxygen atoms in total. The summed E-state index contributed by atoms with van der Waals surface area (Å²) in [6, 6.07) is 12.4. The number of anilines is 2. The zero-order valence-electron chi connectivity index (χ0n) is 15.5. The van der Waals surface area contributed by atoms with Gasteiger partial charge in [0, 0.05) is 17.6 Å². The molecule has 4 N–H and O–H groups in total. The second-order valence-electron chi connectivity index (χ2n) is 7.38. The van der Waals surface area contributed by atoms with E-state index >= 15 is 0 Å². The normalized spacial score (nSPS) is 19.6. The molecule has 142 valence electrons. The Kier molecular flexibility index (Phi) is 4.09. The van der Waals surface area contributed by atoms with Gasteiger partial charge in [-0.15, -0.1) is 0 Å². The van der Waals surface area contributed by atoms with Gasteiger partial charge in [0.05, 0.1) is 23.6 Å². The molecule has 2 atom stereocenters. The largest absolute Gasteiger partial charge is 0.384 e. The summed E-state index contributed by atoms with van der Waals surface area (Å²) in [7, 11) is 0. The van der Waals surface area contributed by atoms with Crippen molar-refractivity contribution in [2.75, 3.05) is 11.5 Å². The van der Waals surface area contributed by atoms with Crippen LogP contribution in [0.3, 0.4) is 0 Å². The average molecular weight is 374 g/mol. The first-order valence-corrected chi connectivity index (χ1v) is 9.51. The Hall–Kier alpha value is -3.19. The van der Waals surface area contributed by atoms with Crippen LogP contribution in [-0.4, -0.2) is 25.6 Å². The maximum Gasteiger partial charge on any atom is 0.145 e. The summed E-state index contributed by atoms with van der Waals surface area (Å²) in [6.45, 7) is 0.575. The van der Waals surface area contributed by atoms with E-state index in [0.29, 0.717) is 24.3 Å². The summed E-state index contributed by atoms with van der Waals surface area (Å²) in [5.41, 5.74) is 14.7. The van der Waals surface area contributed by atoms with Crippen LogP contribution < -0.4 is 11.5 Å². The van der Waals surface area contributed by atoms with Gasteiger partial charge in [0.2, 0.25) is 0 Å². The molecular formula is C21H22N6O. The molecule has 0 amide bonds. The number of rotatable bonds is 4. The summed E-state index contributed by atoms with van der Waals surface area (Å²) >= 11 is 0. The van der Waals surface area contributed by atoms with Gasteiger partial charge in [-0.05, 0) is 49.1 Å². The molecule has 0 aliphatic heterocycles. The van der Waals surface area contributed by atoms with Gasteiger partial charge in [-0.2, -0.15) is 0 Å². The fourth-order valence-corrected chi connectivity index (χ4v) is 4.09. The van der Waals surface area contributed by atoms with Gasteiger partial charge in [0.1, 0.15) is 23.6 Å². The highest BCUT2D eigenvalue weighted by Gasteiger charge is 2.27. The van der Waals surface area contributed by atoms with Crippen molar-refractivity contribution in [2.45, 2.75) is 38.0 Å². The van der Waals surface area contributed by atoms with Crippen molar-refractivity contribution in [3.8, 4) is 0 Å². The fourth-order valence-electron chi connectivity index (χ4n) is 4.09. The molecule has 4 aromatic rings. The number of hydrogen-bond donors (Lipinski definition) is 2. The number of fused-ring (bicyclic) bond motifs is 2. The number of benzene rings is 1. The van der Waals surface area contributed by atoms with Gasteiger partial charge < -0.3 is 20.8 Å². The molecule has 28 heavy (non-hydrogen) atoms. The van der Waals surface area contributed by atoms with Crippen molar-refractivity contribution in [3.05, 3.63) is 54.5 Å². The predicted octanol–water partition coefficient (Wildman–Crippen LogP) is 3.45. The zero-order valence-corrected chi connectivity index (χ0v) is 15.5. The van der Waals surface area contributed by atoms with Crippen LogP contribution in [0.5, 0.6) is 0 Å². The van der Waals surface area contributed by atoms with E-state index in [2.05, 4.69) is 43.9 Å². The first kappa shape index (κ1) is 16.9. The molecule has 1 fully saturated rings. The number of nitrogen functional groups attached to an aromatic ring is 2. The van der Waals surface area contributed by atoms with Crippen LogP contribution in [0.15, 0.2) is 48.9 Å². The van der Waals surface area contributed by atoms with E-state index in [9.17, 15) is 0 Å². The molecule has 5 rings (SSSR count). The third-order valence-corrected chi connectivity index (χ3v) is 5.55. The highest BCUT2D eigenvalue weighted by Crippen LogP contribution is 2.35. The Morgan fingerprint density at radius 1 is 1.07 bits per heavy atom. The summed E-state index contributed by atoms with van der Waals surface area (Å²) in [6.07, 6.45) is 6.87. The smallest absolute Gasteiger partial charge is 0.145 e. The number of nitrogens with two attached hydrogens (primary N) is 2. The van der Waals surface area contributed by atoms with Crippen molar-refractivity contribution in [2.24, 2.45) is 0 Å². The Labute approximate surface area is 162 Å². The molecule has 1 aliphatic carbocycles. The first-order valence-electron chi connectivity index (χ1n) is 9.51. The molecule has 1 aliphatic rings. The third kappa shape index (κ3) is 3.03. The predicted molar refractivity (Wildman–Crippen MR) is 110 cm³/mol. The maximum absolute atomic E-state index is 6.20. The quantitative estimate of drug-likeness (QED) is 0.567. The van der Waals surface area contributed by atoms with Crippen LogP contribution in [0.2, 0.25) is 0 Å². The lowest BCUT2D eigenvalue weighted by molar-refractivity contribution is 0.0434. The maximum atomic E-state index is 6.20. The Bertz CT molecular complexity index is 1150. The van der Waals surface area contributed by atoms with E-state index in [4.69, 9.17) is 16.2 Å². The molecule has 3 heterocycles. The Morgan fingerprint density at radius 3 is 2.89 bits per heavy atom. The highest BCUT2D eigenvalue weighted by atomic mass is 16.5. The van der Waals surface area contributed by atoms with Gasteiger partial charge in [0.25, 0.3) is 0 Å². The summed E-state index contributed by atoms with van der Waals surface area (Å²) < 4.78 is 8.41. The Balaban J connectivity index is 1.27. The van der Waals surface area contributed by atoms with Gasteiger partial charge in [-0.3, -0.25) is 0 Å². The van der Waals surface area contributed by atoms with Crippen LogP contribution in [0.1, 0.15) is 30.9 Å². The second kappa shape index (κ2) is 6.76. The van der Waals surface area contributed by atoms with E-state index in [1.165, 1.54) is 6.33 Å². The lowest BCUT2D eigenvalue weighted by Gasteiger charge is -2.15. The topological polar surface area (TPSA) is 105 Å². The minimum atomic E-state index is 0.228. The van der Waals surface area contributed by atoms with Crippen LogP contribution in [0.4, 0.5) is 11.6 Å². The van der Waals surface area contributed by atoms with Crippen molar-refractivity contribution in [1.82, 2.24) is 19.5 Å². The third-order valence-electron chi connectivity index (χ3n) is 5.55. The SMILES string of the molecule is Nc1ccc2ccc(COC3CCC(n4ccc5c(N)ncnc54)C3)cc2n1. The first-order chi connectivity index (χ1) is 13.7. The van der Waals surface area contributed by atoms with Gasteiger partial charge in [-0.1, -0.05) is 12.1 Å². The molecular weight excluding hydrogens is 352 g/mol. The number of pyridine rings is 1. The minimum absolute atomic E-state index is 0.228. The average Bonchev–Trinajstić information content (AvgIpc) is 3.33. The van der Waals surface area contributed by atoms with E-state index in [0.717, 1.165) is 46.8 Å².